The smallest absolute Gasteiger partial charge is 0.241 e. The van der Waals surface area contributed by atoms with Crippen LogP contribution in [-0.2, 0) is 10.2 Å². The number of amides is 1. The van der Waals surface area contributed by atoms with Crippen molar-refractivity contribution in [3.8, 4) is 11.1 Å². The molecule has 28 heavy (non-hydrogen) atoms. The second-order valence-electron chi connectivity index (χ2n) is 7.63. The van der Waals surface area contributed by atoms with Gasteiger partial charge in [0.15, 0.2) is 0 Å². The van der Waals surface area contributed by atoms with Gasteiger partial charge in [-0.2, -0.15) is 0 Å². The minimum absolute atomic E-state index is 0.0958. The molecule has 0 atom stereocenters. The van der Waals surface area contributed by atoms with Gasteiger partial charge in [0.2, 0.25) is 5.91 Å². The van der Waals surface area contributed by atoms with E-state index in [4.69, 9.17) is 0 Å². The van der Waals surface area contributed by atoms with E-state index in [1.807, 2.05) is 50.2 Å². The first-order valence-corrected chi connectivity index (χ1v) is 10.1. The van der Waals surface area contributed by atoms with Gasteiger partial charge in [0, 0.05) is 28.0 Å². The molecule has 1 aliphatic heterocycles. The third-order valence-electron chi connectivity index (χ3n) is 5.48. The molecule has 0 N–H and O–H groups in total. The SMILES string of the molecule is Cc1ncc(-c2ccc3c(c2)N(c2cccc4sccc24)C(=O)C3(C)C)cn1. The van der Waals surface area contributed by atoms with Crippen LogP contribution >= 0.6 is 11.3 Å². The van der Waals surface area contributed by atoms with Crippen molar-refractivity contribution in [1.82, 2.24) is 9.97 Å². The fraction of sp³-hybridized carbons (Fsp3) is 0.174. The number of anilines is 2. The van der Waals surface area contributed by atoms with E-state index in [1.165, 1.54) is 4.70 Å². The minimum Gasteiger partial charge on any atom is -0.279 e. The summed E-state index contributed by atoms with van der Waals surface area (Å²) in [6.07, 6.45) is 3.66. The van der Waals surface area contributed by atoms with Crippen molar-refractivity contribution < 1.29 is 4.79 Å². The molecule has 1 aliphatic rings. The van der Waals surface area contributed by atoms with Gasteiger partial charge in [-0.3, -0.25) is 9.69 Å². The number of hydrogen-bond donors (Lipinski definition) is 0. The van der Waals surface area contributed by atoms with Crippen molar-refractivity contribution in [1.29, 1.82) is 0 Å². The summed E-state index contributed by atoms with van der Waals surface area (Å²) in [7, 11) is 0. The molecule has 0 radical (unpaired) electrons. The van der Waals surface area contributed by atoms with Crippen LogP contribution in [0.2, 0.25) is 0 Å². The minimum atomic E-state index is -0.574. The molecule has 0 fully saturated rings. The Kier molecular flexibility index (Phi) is 3.64. The molecule has 138 valence electrons. The Balaban J connectivity index is 1.73. The molecule has 0 spiro atoms. The van der Waals surface area contributed by atoms with E-state index in [2.05, 4.69) is 45.7 Å². The highest BCUT2D eigenvalue weighted by Gasteiger charge is 2.45. The lowest BCUT2D eigenvalue weighted by atomic mass is 9.85. The Hall–Kier alpha value is -3.05. The van der Waals surface area contributed by atoms with E-state index in [-0.39, 0.29) is 5.91 Å². The molecule has 4 aromatic rings. The number of nitrogens with zero attached hydrogens (tertiary/aromatic N) is 3. The average molecular weight is 385 g/mol. The van der Waals surface area contributed by atoms with E-state index in [1.54, 1.807) is 11.3 Å². The predicted octanol–water partition coefficient (Wildman–Crippen LogP) is 5.62. The highest BCUT2D eigenvalue weighted by molar-refractivity contribution is 7.17. The Bertz CT molecular complexity index is 1220. The molecule has 5 rings (SSSR count). The molecule has 0 aliphatic carbocycles. The number of carbonyl (C=O) groups excluding carboxylic acids is 1. The molecule has 3 heterocycles. The molecular formula is C23H19N3OS. The first kappa shape index (κ1) is 17.1. The Morgan fingerprint density at radius 2 is 1.75 bits per heavy atom. The molecule has 1 amide bonds. The van der Waals surface area contributed by atoms with Gasteiger partial charge in [0.25, 0.3) is 0 Å². The lowest BCUT2D eigenvalue weighted by Crippen LogP contribution is -2.33. The normalized spacial score (nSPS) is 15.2. The number of carbonyl (C=O) groups is 1. The fourth-order valence-corrected chi connectivity index (χ4v) is 4.69. The zero-order valence-corrected chi connectivity index (χ0v) is 16.7. The first-order valence-electron chi connectivity index (χ1n) is 9.21. The number of rotatable bonds is 2. The van der Waals surface area contributed by atoms with E-state index >= 15 is 0 Å². The largest absolute Gasteiger partial charge is 0.279 e. The summed E-state index contributed by atoms with van der Waals surface area (Å²) in [6.45, 7) is 5.87. The second kappa shape index (κ2) is 5.97. The summed E-state index contributed by atoms with van der Waals surface area (Å²) in [5.41, 5.74) is 4.29. The molecule has 2 aromatic heterocycles. The van der Waals surface area contributed by atoms with Gasteiger partial charge >= 0.3 is 0 Å². The Morgan fingerprint density at radius 3 is 2.54 bits per heavy atom. The molecule has 0 bridgehead atoms. The maximum absolute atomic E-state index is 13.4. The van der Waals surface area contributed by atoms with Crippen molar-refractivity contribution >= 4 is 38.7 Å². The number of benzene rings is 2. The quantitative estimate of drug-likeness (QED) is 0.450. The van der Waals surface area contributed by atoms with Gasteiger partial charge in [-0.25, -0.2) is 9.97 Å². The van der Waals surface area contributed by atoms with Crippen LogP contribution in [0.4, 0.5) is 11.4 Å². The number of thiophene rings is 1. The van der Waals surface area contributed by atoms with Crippen LogP contribution < -0.4 is 4.90 Å². The molecule has 0 saturated carbocycles. The standard InChI is InChI=1S/C23H19N3OS/c1-14-24-12-16(13-25-14)15-7-8-18-20(11-15)26(22(27)23(18,2)3)19-5-4-6-21-17(19)9-10-28-21/h4-13H,1-3H3. The van der Waals surface area contributed by atoms with E-state index in [9.17, 15) is 4.79 Å². The highest BCUT2D eigenvalue weighted by atomic mass is 32.1. The van der Waals surface area contributed by atoms with Crippen LogP contribution in [0.3, 0.4) is 0 Å². The van der Waals surface area contributed by atoms with Crippen molar-refractivity contribution in [2.75, 3.05) is 4.90 Å². The highest BCUT2D eigenvalue weighted by Crippen LogP contribution is 2.48. The summed E-state index contributed by atoms with van der Waals surface area (Å²) in [5, 5.41) is 3.18. The van der Waals surface area contributed by atoms with Gasteiger partial charge in [-0.1, -0.05) is 18.2 Å². The third-order valence-corrected chi connectivity index (χ3v) is 6.36. The van der Waals surface area contributed by atoms with Crippen molar-refractivity contribution in [3.05, 3.63) is 71.6 Å². The molecule has 0 saturated heterocycles. The van der Waals surface area contributed by atoms with E-state index < -0.39 is 5.41 Å². The zero-order valence-electron chi connectivity index (χ0n) is 15.9. The maximum Gasteiger partial charge on any atom is 0.241 e. The summed E-state index contributed by atoms with van der Waals surface area (Å²) >= 11 is 1.69. The molecule has 4 nitrogen and oxygen atoms in total. The predicted molar refractivity (Wildman–Crippen MR) is 114 cm³/mol. The number of fused-ring (bicyclic) bond motifs is 2. The maximum atomic E-state index is 13.4. The average Bonchev–Trinajstić information content (AvgIpc) is 3.24. The van der Waals surface area contributed by atoms with Crippen molar-refractivity contribution in [2.24, 2.45) is 0 Å². The van der Waals surface area contributed by atoms with Crippen LogP contribution in [0.1, 0.15) is 25.2 Å². The monoisotopic (exact) mass is 385 g/mol. The van der Waals surface area contributed by atoms with E-state index in [0.29, 0.717) is 0 Å². The summed E-state index contributed by atoms with van der Waals surface area (Å²) in [4.78, 5) is 24.0. The van der Waals surface area contributed by atoms with Gasteiger partial charge in [-0.15, -0.1) is 11.3 Å². The van der Waals surface area contributed by atoms with Crippen LogP contribution in [0, 0.1) is 6.92 Å². The van der Waals surface area contributed by atoms with Crippen LogP contribution in [0.15, 0.2) is 60.2 Å². The Morgan fingerprint density at radius 1 is 0.964 bits per heavy atom. The van der Waals surface area contributed by atoms with Gasteiger partial charge in [0.05, 0.1) is 16.8 Å². The van der Waals surface area contributed by atoms with E-state index in [0.717, 1.165) is 39.3 Å². The summed E-state index contributed by atoms with van der Waals surface area (Å²) in [6, 6.07) is 14.4. The van der Waals surface area contributed by atoms with Crippen molar-refractivity contribution in [2.45, 2.75) is 26.2 Å². The third kappa shape index (κ3) is 2.39. The fourth-order valence-electron chi connectivity index (χ4n) is 3.88. The van der Waals surface area contributed by atoms with Crippen LogP contribution in [0.25, 0.3) is 21.2 Å². The van der Waals surface area contributed by atoms with Crippen molar-refractivity contribution in [3.63, 3.8) is 0 Å². The van der Waals surface area contributed by atoms with Gasteiger partial charge in [0.1, 0.15) is 5.82 Å². The molecular weight excluding hydrogens is 366 g/mol. The lowest BCUT2D eigenvalue weighted by Gasteiger charge is -2.21. The lowest BCUT2D eigenvalue weighted by molar-refractivity contribution is -0.121. The van der Waals surface area contributed by atoms with Crippen LogP contribution in [0.5, 0.6) is 0 Å². The van der Waals surface area contributed by atoms with Crippen LogP contribution in [-0.4, -0.2) is 15.9 Å². The number of aromatic nitrogens is 2. The topological polar surface area (TPSA) is 46.1 Å². The van der Waals surface area contributed by atoms with Gasteiger partial charge in [-0.05, 0) is 61.5 Å². The first-order chi connectivity index (χ1) is 13.5. The number of aryl methyl sites for hydroxylation is 1. The summed E-state index contributed by atoms with van der Waals surface area (Å²) < 4.78 is 1.18. The molecule has 0 unspecified atom stereocenters. The second-order valence-corrected chi connectivity index (χ2v) is 8.57. The zero-order chi connectivity index (χ0) is 19.5. The molecule has 5 heteroatoms. The Labute approximate surface area is 167 Å². The van der Waals surface area contributed by atoms with Gasteiger partial charge < -0.3 is 0 Å². The summed E-state index contributed by atoms with van der Waals surface area (Å²) in [5.74, 6) is 0.838. The number of hydrogen-bond acceptors (Lipinski definition) is 4. The molecule has 2 aromatic carbocycles.